The number of rotatable bonds is 4. The van der Waals surface area contributed by atoms with Crippen molar-refractivity contribution in [2.75, 3.05) is 5.75 Å². The quantitative estimate of drug-likeness (QED) is 0.579. The lowest BCUT2D eigenvalue weighted by Crippen LogP contribution is -1.93. The van der Waals surface area contributed by atoms with Gasteiger partial charge in [-0.1, -0.05) is 32.9 Å². The smallest absolute Gasteiger partial charge is 0.161 e. The van der Waals surface area contributed by atoms with Gasteiger partial charge in [-0.2, -0.15) is 0 Å². The highest BCUT2D eigenvalue weighted by molar-refractivity contribution is 7.99. The van der Waals surface area contributed by atoms with E-state index < -0.39 is 0 Å². The first kappa shape index (κ1) is 16.4. The number of benzene rings is 1. The minimum absolute atomic E-state index is 0.0451. The van der Waals surface area contributed by atoms with Crippen LogP contribution >= 0.6 is 11.8 Å². The van der Waals surface area contributed by atoms with Crippen LogP contribution in [0.15, 0.2) is 47.5 Å². The maximum absolute atomic E-state index is 11.2. The molecular formula is C17H21NOS. The van der Waals surface area contributed by atoms with E-state index in [2.05, 4.69) is 36.2 Å². The fourth-order valence-electron chi connectivity index (χ4n) is 1.66. The minimum atomic E-state index is 0.0451. The largest absolute Gasteiger partial charge is 0.294 e. The molecule has 1 aromatic heterocycles. The molecule has 1 heterocycles. The van der Waals surface area contributed by atoms with Gasteiger partial charge >= 0.3 is 0 Å². The van der Waals surface area contributed by atoms with Crippen molar-refractivity contribution in [1.29, 1.82) is 0 Å². The molecule has 2 nitrogen and oxygen atoms in total. The maximum atomic E-state index is 11.2. The van der Waals surface area contributed by atoms with Crippen molar-refractivity contribution >= 4 is 17.5 Å². The Morgan fingerprint density at radius 1 is 1.10 bits per heavy atom. The maximum Gasteiger partial charge on any atom is 0.161 e. The van der Waals surface area contributed by atoms with Gasteiger partial charge in [0.2, 0.25) is 0 Å². The number of hydrogen-bond donors (Lipinski definition) is 0. The average Bonchev–Trinajstić information content (AvgIpc) is 2.50. The third-order valence-electron chi connectivity index (χ3n) is 2.63. The van der Waals surface area contributed by atoms with Gasteiger partial charge in [0.1, 0.15) is 0 Å². The summed E-state index contributed by atoms with van der Waals surface area (Å²) in [4.78, 5) is 16.8. The van der Waals surface area contributed by atoms with E-state index >= 15 is 0 Å². The predicted molar refractivity (Wildman–Crippen MR) is 87.4 cm³/mol. The average molecular weight is 287 g/mol. The van der Waals surface area contributed by atoms with Crippen LogP contribution in [0.4, 0.5) is 0 Å². The molecule has 2 aromatic rings. The molecule has 2 rings (SSSR count). The van der Waals surface area contributed by atoms with Crippen molar-refractivity contribution in [3.63, 3.8) is 0 Å². The summed E-state index contributed by atoms with van der Waals surface area (Å²) in [5, 5.41) is 0. The molecule has 3 heteroatoms. The summed E-state index contributed by atoms with van der Waals surface area (Å²) < 4.78 is 0. The highest BCUT2D eigenvalue weighted by Crippen LogP contribution is 2.22. The molecule has 0 aliphatic carbocycles. The van der Waals surface area contributed by atoms with Gasteiger partial charge in [-0.05, 0) is 36.9 Å². The molecule has 0 atom stereocenters. The van der Waals surface area contributed by atoms with Gasteiger partial charge in [0.05, 0.1) is 5.69 Å². The van der Waals surface area contributed by atoms with Crippen LogP contribution in [0.25, 0.3) is 11.3 Å². The zero-order valence-corrected chi connectivity index (χ0v) is 13.3. The molecule has 0 radical (unpaired) electrons. The molecule has 20 heavy (non-hydrogen) atoms. The van der Waals surface area contributed by atoms with Crippen molar-refractivity contribution in [1.82, 2.24) is 4.98 Å². The van der Waals surface area contributed by atoms with Gasteiger partial charge in [-0.15, -0.1) is 11.8 Å². The van der Waals surface area contributed by atoms with Crippen molar-refractivity contribution in [2.24, 2.45) is 0 Å². The zero-order valence-electron chi connectivity index (χ0n) is 12.5. The Morgan fingerprint density at radius 2 is 1.75 bits per heavy atom. The molecule has 0 saturated heterocycles. The Hall–Kier alpha value is -1.61. The van der Waals surface area contributed by atoms with E-state index in [1.807, 2.05) is 37.7 Å². The molecule has 1 aromatic carbocycles. The first-order chi connectivity index (χ1) is 9.70. The Bertz CT molecular complexity index is 532. The van der Waals surface area contributed by atoms with Crippen LogP contribution in [0.5, 0.6) is 0 Å². The topological polar surface area (TPSA) is 30.0 Å². The number of Topliss-reactive ketones (excluding diaryl/α,β-unsaturated/α-hetero) is 1. The summed E-state index contributed by atoms with van der Waals surface area (Å²) in [6.07, 6.45) is 1.63. The van der Waals surface area contributed by atoms with E-state index in [0.29, 0.717) is 5.56 Å². The molecule has 0 saturated carbocycles. The SMILES string of the molecule is CC.CCSc1ccc(-c2ccc(C(C)=O)cn2)cc1. The van der Waals surface area contributed by atoms with E-state index in [1.165, 1.54) is 4.90 Å². The summed E-state index contributed by atoms with van der Waals surface area (Å²) >= 11 is 1.82. The number of aromatic nitrogens is 1. The number of thioether (sulfide) groups is 1. The van der Waals surface area contributed by atoms with Gasteiger partial charge in [0, 0.05) is 22.2 Å². The second-order valence-corrected chi connectivity index (χ2v) is 5.28. The molecule has 0 aliphatic heterocycles. The van der Waals surface area contributed by atoms with Gasteiger partial charge in [0.15, 0.2) is 5.78 Å². The molecule has 0 fully saturated rings. The number of ketones is 1. The van der Waals surface area contributed by atoms with E-state index in [9.17, 15) is 4.79 Å². The highest BCUT2D eigenvalue weighted by atomic mass is 32.2. The van der Waals surface area contributed by atoms with E-state index in [-0.39, 0.29) is 5.78 Å². The molecule has 0 amide bonds. The monoisotopic (exact) mass is 287 g/mol. The van der Waals surface area contributed by atoms with Crippen LogP contribution in [0.2, 0.25) is 0 Å². The number of nitrogens with zero attached hydrogens (tertiary/aromatic N) is 1. The van der Waals surface area contributed by atoms with Crippen molar-refractivity contribution in [3.05, 3.63) is 48.2 Å². The molecule has 0 bridgehead atoms. The van der Waals surface area contributed by atoms with Gasteiger partial charge in [-0.25, -0.2) is 0 Å². The normalized spacial score (nSPS) is 9.60. The number of pyridine rings is 1. The van der Waals surface area contributed by atoms with Crippen molar-refractivity contribution in [3.8, 4) is 11.3 Å². The molecular weight excluding hydrogens is 266 g/mol. The second-order valence-electron chi connectivity index (χ2n) is 3.95. The lowest BCUT2D eigenvalue weighted by molar-refractivity contribution is 0.101. The van der Waals surface area contributed by atoms with Crippen LogP contribution in [-0.2, 0) is 0 Å². The predicted octanol–water partition coefficient (Wildman–Crippen LogP) is 5.09. The Balaban J connectivity index is 0.000000956. The number of carbonyl (C=O) groups excluding carboxylic acids is 1. The Labute approximate surface area is 125 Å². The highest BCUT2D eigenvalue weighted by Gasteiger charge is 2.02. The van der Waals surface area contributed by atoms with Crippen LogP contribution in [-0.4, -0.2) is 16.5 Å². The second kappa shape index (κ2) is 8.54. The third-order valence-corrected chi connectivity index (χ3v) is 3.53. The Morgan fingerprint density at radius 3 is 2.20 bits per heavy atom. The lowest BCUT2D eigenvalue weighted by Gasteiger charge is -2.03. The van der Waals surface area contributed by atoms with Crippen LogP contribution < -0.4 is 0 Å². The molecule has 0 unspecified atom stereocenters. The summed E-state index contributed by atoms with van der Waals surface area (Å²) in [6.45, 7) is 7.69. The van der Waals surface area contributed by atoms with E-state index in [1.54, 1.807) is 13.1 Å². The fourth-order valence-corrected chi connectivity index (χ4v) is 2.32. The molecule has 0 spiro atoms. The van der Waals surface area contributed by atoms with Crippen LogP contribution in [0.3, 0.4) is 0 Å². The minimum Gasteiger partial charge on any atom is -0.294 e. The van der Waals surface area contributed by atoms with E-state index in [4.69, 9.17) is 0 Å². The van der Waals surface area contributed by atoms with Gasteiger partial charge in [0.25, 0.3) is 0 Å². The fraction of sp³-hybridized carbons (Fsp3) is 0.294. The van der Waals surface area contributed by atoms with Crippen LogP contribution in [0, 0.1) is 0 Å². The first-order valence-corrected chi connectivity index (χ1v) is 7.89. The third kappa shape index (κ3) is 4.49. The standard InChI is InChI=1S/C15H15NOS.C2H6/c1-3-18-14-7-4-12(5-8-14)15-9-6-13(10-16-15)11(2)17;1-2/h4-10H,3H2,1-2H3;1-2H3. The number of hydrogen-bond acceptors (Lipinski definition) is 3. The van der Waals surface area contributed by atoms with Crippen LogP contribution in [0.1, 0.15) is 38.1 Å². The van der Waals surface area contributed by atoms with Gasteiger partial charge in [-0.3, -0.25) is 9.78 Å². The summed E-state index contributed by atoms with van der Waals surface area (Å²) in [5.74, 6) is 1.12. The molecule has 106 valence electrons. The first-order valence-electron chi connectivity index (χ1n) is 6.91. The van der Waals surface area contributed by atoms with E-state index in [0.717, 1.165) is 17.0 Å². The summed E-state index contributed by atoms with van der Waals surface area (Å²) in [6, 6.07) is 12.0. The zero-order chi connectivity index (χ0) is 15.0. The Kier molecular flexibility index (Phi) is 7.02. The lowest BCUT2D eigenvalue weighted by atomic mass is 10.1. The summed E-state index contributed by atoms with van der Waals surface area (Å²) in [5.41, 5.74) is 2.62. The van der Waals surface area contributed by atoms with Crippen molar-refractivity contribution < 1.29 is 4.79 Å². The van der Waals surface area contributed by atoms with Crippen molar-refractivity contribution in [2.45, 2.75) is 32.6 Å². The molecule has 0 aliphatic rings. The summed E-state index contributed by atoms with van der Waals surface area (Å²) in [7, 11) is 0. The molecule has 0 N–H and O–H groups in total. The van der Waals surface area contributed by atoms with Gasteiger partial charge < -0.3 is 0 Å². The number of carbonyl (C=O) groups is 1.